The maximum atomic E-state index is 14.0. The topological polar surface area (TPSA) is 40.5 Å². The molecule has 0 amide bonds. The second kappa shape index (κ2) is 13.6. The van der Waals surface area contributed by atoms with Crippen molar-refractivity contribution in [1.82, 2.24) is 4.90 Å². The van der Waals surface area contributed by atoms with E-state index in [9.17, 15) is 35.1 Å². The number of nitrogens with zero attached hydrogens (tertiary/aromatic N) is 1. The Morgan fingerprint density at radius 1 is 0.897 bits per heavy atom. The zero-order chi connectivity index (χ0) is 30.2. The van der Waals surface area contributed by atoms with E-state index in [1.54, 1.807) is 4.90 Å². The summed E-state index contributed by atoms with van der Waals surface area (Å²) < 4.78 is 104. The summed E-state index contributed by atoms with van der Waals surface area (Å²) in [5.41, 5.74) is -0.340. The van der Waals surface area contributed by atoms with E-state index in [1.807, 2.05) is 0 Å². The summed E-state index contributed by atoms with van der Waals surface area (Å²) in [6.07, 6.45) is -8.74. The lowest BCUT2D eigenvalue weighted by molar-refractivity contribution is -0.138. The van der Waals surface area contributed by atoms with Crippen LogP contribution in [0.2, 0.25) is 0 Å². The third kappa shape index (κ3) is 12.8. The zero-order valence-electron chi connectivity index (χ0n) is 22.6. The predicted molar refractivity (Wildman–Crippen MR) is 133 cm³/mol. The summed E-state index contributed by atoms with van der Waals surface area (Å²) in [6.45, 7) is 10.1. The fourth-order valence-corrected chi connectivity index (χ4v) is 3.42. The van der Waals surface area contributed by atoms with Crippen LogP contribution in [0.4, 0.5) is 35.1 Å². The molecule has 3 nitrogen and oxygen atoms in total. The molecule has 1 unspecified atom stereocenters. The van der Waals surface area contributed by atoms with Crippen LogP contribution in [0, 0.1) is 5.41 Å². The van der Waals surface area contributed by atoms with Crippen molar-refractivity contribution in [3.8, 4) is 0 Å². The van der Waals surface area contributed by atoms with Gasteiger partial charge in [0.1, 0.15) is 0 Å². The Morgan fingerprint density at radius 2 is 1.28 bits per heavy atom. The maximum Gasteiger partial charge on any atom is 0.416 e. The van der Waals surface area contributed by atoms with E-state index in [0.29, 0.717) is 16.5 Å². The molecule has 3 rings (SSSR count). The molecule has 0 saturated carbocycles. The van der Waals surface area contributed by atoms with Crippen LogP contribution in [0.3, 0.4) is 0 Å². The van der Waals surface area contributed by atoms with Crippen LogP contribution in [0.5, 0.6) is 0 Å². The molecule has 39 heavy (non-hydrogen) atoms. The minimum Gasteiger partial charge on any atom is -0.481 e. The van der Waals surface area contributed by atoms with Gasteiger partial charge in [0.05, 0.1) is 11.1 Å². The minimum atomic E-state index is -4.53. The van der Waals surface area contributed by atoms with E-state index in [0.717, 1.165) is 31.2 Å². The molecule has 0 aromatic heterocycles. The number of halogens is 8. The maximum absolute atomic E-state index is 14.0. The molecular formula is C28H35F8NO2. The third-order valence-electron chi connectivity index (χ3n) is 6.05. The highest BCUT2D eigenvalue weighted by Gasteiger charge is 2.41. The van der Waals surface area contributed by atoms with Gasteiger partial charge in [-0.25, -0.2) is 8.78 Å². The summed E-state index contributed by atoms with van der Waals surface area (Å²) in [7, 11) is 0. The molecule has 0 radical (unpaired) electrons. The molecule has 1 aliphatic heterocycles. The number of carboxylic acids is 1. The molecule has 2 aromatic carbocycles. The Morgan fingerprint density at radius 3 is 1.64 bits per heavy atom. The molecule has 1 atom stereocenters. The number of benzene rings is 2. The predicted octanol–water partition coefficient (Wildman–Crippen LogP) is 9.23. The summed E-state index contributed by atoms with van der Waals surface area (Å²) in [4.78, 5) is 10.7. The van der Waals surface area contributed by atoms with E-state index >= 15 is 0 Å². The van der Waals surface area contributed by atoms with Crippen LogP contribution < -0.4 is 0 Å². The highest BCUT2D eigenvalue weighted by Crippen LogP contribution is 2.41. The van der Waals surface area contributed by atoms with Gasteiger partial charge in [0, 0.05) is 38.9 Å². The second-order valence-corrected chi connectivity index (χ2v) is 10.5. The van der Waals surface area contributed by atoms with Crippen LogP contribution in [-0.2, 0) is 23.7 Å². The third-order valence-corrected chi connectivity index (χ3v) is 6.05. The van der Waals surface area contributed by atoms with Crippen LogP contribution in [0.25, 0.3) is 0 Å². The number of hydrogen-bond acceptors (Lipinski definition) is 2. The van der Waals surface area contributed by atoms with Gasteiger partial charge in [-0.1, -0.05) is 58.4 Å². The van der Waals surface area contributed by atoms with Crippen LogP contribution in [0.15, 0.2) is 48.5 Å². The van der Waals surface area contributed by atoms with Crippen molar-refractivity contribution >= 4 is 5.97 Å². The van der Waals surface area contributed by atoms with Gasteiger partial charge in [-0.3, -0.25) is 9.69 Å². The SMILES string of the molecule is CC(=O)O.CCC(C)(C)C.FC1(F)CCN(Cc2ccc(C(F)(F)F)cc2)C(c2ccc(C(F)(F)F)cc2)C1. The average molecular weight is 570 g/mol. The molecule has 1 fully saturated rings. The first-order valence-electron chi connectivity index (χ1n) is 12.3. The van der Waals surface area contributed by atoms with Gasteiger partial charge in [-0.2, -0.15) is 26.3 Å². The van der Waals surface area contributed by atoms with E-state index in [1.165, 1.54) is 30.7 Å². The monoisotopic (exact) mass is 569 g/mol. The number of carbonyl (C=O) groups is 1. The Labute approximate surface area is 223 Å². The first kappa shape index (κ1) is 34.3. The number of likely N-dealkylation sites (tertiary alicyclic amines) is 1. The molecule has 1 heterocycles. The molecule has 0 aliphatic carbocycles. The van der Waals surface area contributed by atoms with Gasteiger partial charge in [0.15, 0.2) is 0 Å². The van der Waals surface area contributed by atoms with Crippen molar-refractivity contribution in [3.05, 3.63) is 70.8 Å². The van der Waals surface area contributed by atoms with Crippen LogP contribution >= 0.6 is 0 Å². The lowest BCUT2D eigenvalue weighted by Crippen LogP contribution is -2.41. The van der Waals surface area contributed by atoms with E-state index < -0.39 is 54.3 Å². The van der Waals surface area contributed by atoms with Gasteiger partial charge in [0.25, 0.3) is 11.9 Å². The fraction of sp³-hybridized carbons (Fsp3) is 0.536. The summed E-state index contributed by atoms with van der Waals surface area (Å²) >= 11 is 0. The number of rotatable bonds is 3. The van der Waals surface area contributed by atoms with Gasteiger partial charge in [-0.05, 0) is 40.8 Å². The largest absolute Gasteiger partial charge is 0.481 e. The Bertz CT molecular complexity index is 1020. The van der Waals surface area contributed by atoms with Gasteiger partial charge >= 0.3 is 12.4 Å². The van der Waals surface area contributed by atoms with Crippen molar-refractivity contribution in [2.24, 2.45) is 5.41 Å². The number of alkyl halides is 8. The van der Waals surface area contributed by atoms with Crippen LogP contribution in [0.1, 0.15) is 82.2 Å². The molecule has 1 aliphatic rings. The lowest BCUT2D eigenvalue weighted by Gasteiger charge is -2.39. The van der Waals surface area contributed by atoms with E-state index in [2.05, 4.69) is 27.7 Å². The molecule has 1 N–H and O–H groups in total. The standard InChI is InChI=1S/C20H17F8N.C6H14.C2H4O2/c21-18(22)9-10-29(12-13-1-5-15(6-2-13)19(23,24)25)17(11-18)14-3-7-16(8-4-14)20(26,27)28;1-5-6(2,3)4;1-2(3)4/h1-8,17H,9-12H2;5H2,1-4H3;1H3,(H,3,4). The normalized spacial score (nSPS) is 17.8. The zero-order valence-corrected chi connectivity index (χ0v) is 22.6. The highest BCUT2D eigenvalue weighted by atomic mass is 19.4. The Kier molecular flexibility index (Phi) is 12.0. The average Bonchev–Trinajstić information content (AvgIpc) is 2.79. The molecule has 0 spiro atoms. The van der Waals surface area contributed by atoms with Crippen LogP contribution in [-0.4, -0.2) is 28.4 Å². The van der Waals surface area contributed by atoms with Crippen molar-refractivity contribution in [3.63, 3.8) is 0 Å². The van der Waals surface area contributed by atoms with Gasteiger partial charge in [0.2, 0.25) is 0 Å². The van der Waals surface area contributed by atoms with Crippen molar-refractivity contribution in [1.29, 1.82) is 0 Å². The quantitative estimate of drug-likeness (QED) is 0.375. The molecular weight excluding hydrogens is 534 g/mol. The summed E-state index contributed by atoms with van der Waals surface area (Å²) in [5, 5.41) is 7.42. The summed E-state index contributed by atoms with van der Waals surface area (Å²) in [6, 6.07) is 7.59. The molecule has 11 heteroatoms. The first-order chi connectivity index (χ1) is 17.6. The lowest BCUT2D eigenvalue weighted by atomic mass is 9.91. The number of aliphatic carboxylic acids is 1. The molecule has 0 bridgehead atoms. The second-order valence-electron chi connectivity index (χ2n) is 10.5. The number of piperidine rings is 1. The molecule has 1 saturated heterocycles. The van der Waals surface area contributed by atoms with Crippen molar-refractivity contribution < 1.29 is 45.0 Å². The molecule has 220 valence electrons. The Balaban J connectivity index is 0.000000651. The molecule has 2 aromatic rings. The Hall–Kier alpha value is -2.69. The fourth-order valence-electron chi connectivity index (χ4n) is 3.42. The highest BCUT2D eigenvalue weighted by molar-refractivity contribution is 5.62. The first-order valence-corrected chi connectivity index (χ1v) is 12.3. The minimum absolute atomic E-state index is 0.0281. The van der Waals surface area contributed by atoms with E-state index in [-0.39, 0.29) is 13.1 Å². The number of carboxylic acid groups (broad SMARTS) is 1. The number of hydrogen-bond donors (Lipinski definition) is 1. The van der Waals surface area contributed by atoms with Gasteiger partial charge < -0.3 is 5.11 Å². The van der Waals surface area contributed by atoms with E-state index in [4.69, 9.17) is 9.90 Å². The summed E-state index contributed by atoms with van der Waals surface area (Å²) in [5.74, 6) is -3.80. The van der Waals surface area contributed by atoms with Crippen molar-refractivity contribution in [2.75, 3.05) is 6.54 Å². The smallest absolute Gasteiger partial charge is 0.416 e. The van der Waals surface area contributed by atoms with Crippen molar-refractivity contribution in [2.45, 2.75) is 84.7 Å². The van der Waals surface area contributed by atoms with Gasteiger partial charge in [-0.15, -0.1) is 0 Å².